The van der Waals surface area contributed by atoms with E-state index in [4.69, 9.17) is 10.5 Å². The topological polar surface area (TPSA) is 177 Å². The molecule has 31 heavy (non-hydrogen) atoms. The number of anilines is 1. The van der Waals surface area contributed by atoms with Gasteiger partial charge < -0.3 is 25.4 Å². The first kappa shape index (κ1) is 21.9. The molecule has 0 spiro atoms. The lowest BCUT2D eigenvalue weighted by atomic mass is 10.1. The van der Waals surface area contributed by atoms with Crippen LogP contribution < -0.4 is 11.3 Å². The first-order chi connectivity index (χ1) is 14.6. The molecule has 4 rings (SSSR count). The number of nitrogens with one attached hydrogen (secondary N) is 1. The highest BCUT2D eigenvalue weighted by molar-refractivity contribution is 8.05. The highest BCUT2D eigenvalue weighted by Gasteiger charge is 2.48. The molecule has 1 aromatic carbocycles. The predicted octanol–water partition coefficient (Wildman–Crippen LogP) is 0.984. The zero-order valence-electron chi connectivity index (χ0n) is 15.8. The summed E-state index contributed by atoms with van der Waals surface area (Å²) < 4.78 is 33.7. The van der Waals surface area contributed by atoms with Crippen molar-refractivity contribution in [3.05, 3.63) is 47.0 Å². The van der Waals surface area contributed by atoms with Gasteiger partial charge >= 0.3 is 7.60 Å². The maximum atomic E-state index is 14.9. The number of aromatic amines is 1. The molecule has 3 heterocycles. The van der Waals surface area contributed by atoms with Crippen molar-refractivity contribution in [2.75, 3.05) is 5.73 Å². The molecule has 14 heteroatoms. The number of imidazole rings is 1. The van der Waals surface area contributed by atoms with E-state index in [-0.39, 0.29) is 23.5 Å². The van der Waals surface area contributed by atoms with E-state index in [0.717, 1.165) is 18.1 Å². The zero-order chi connectivity index (χ0) is 22.3. The number of fused-ring (bicyclic) bond motifs is 1. The minimum absolute atomic E-state index is 0.0108. The number of aromatic nitrogens is 4. The van der Waals surface area contributed by atoms with E-state index < -0.39 is 42.8 Å². The molecule has 1 fully saturated rings. The fourth-order valence-corrected chi connectivity index (χ4v) is 5.68. The van der Waals surface area contributed by atoms with E-state index in [0.29, 0.717) is 4.90 Å². The lowest BCUT2D eigenvalue weighted by Crippen LogP contribution is -2.29. The number of nitrogens with two attached hydrogens (primary N) is 1. The molecule has 11 nitrogen and oxygen atoms in total. The fraction of sp³-hybridized carbons (Fsp3) is 0.353. The van der Waals surface area contributed by atoms with Gasteiger partial charge in [0.15, 0.2) is 23.6 Å². The molecule has 1 unspecified atom stereocenters. The molecule has 2 aromatic heterocycles. The summed E-state index contributed by atoms with van der Waals surface area (Å²) in [5.41, 5.74) is 4.86. The summed E-state index contributed by atoms with van der Waals surface area (Å²) >= 11 is 0.906. The average molecular weight is 471 g/mol. The van der Waals surface area contributed by atoms with Gasteiger partial charge in [0.2, 0.25) is 5.95 Å². The van der Waals surface area contributed by atoms with Crippen LogP contribution in [0.25, 0.3) is 11.2 Å². The normalized spacial score (nSPS) is 25.2. The Labute approximate surface area is 178 Å². The number of thioether (sulfide) groups is 1. The summed E-state index contributed by atoms with van der Waals surface area (Å²) in [5, 5.41) is 10.4. The number of rotatable bonds is 6. The third kappa shape index (κ3) is 4.38. The first-order valence-electron chi connectivity index (χ1n) is 9.12. The molecule has 0 amide bonds. The van der Waals surface area contributed by atoms with E-state index in [1.165, 1.54) is 4.57 Å². The highest BCUT2D eigenvalue weighted by Crippen LogP contribution is 2.53. The number of benzene rings is 1. The average Bonchev–Trinajstić information content (AvgIpc) is 3.24. The molecule has 1 aliphatic rings. The van der Waals surface area contributed by atoms with Crippen LogP contribution in [0.15, 0.2) is 46.3 Å². The van der Waals surface area contributed by atoms with Crippen LogP contribution in [0.1, 0.15) is 12.6 Å². The molecule has 1 saturated heterocycles. The number of halogens is 1. The molecule has 0 saturated carbocycles. The van der Waals surface area contributed by atoms with Crippen molar-refractivity contribution in [1.29, 1.82) is 0 Å². The van der Waals surface area contributed by atoms with E-state index in [2.05, 4.69) is 15.0 Å². The van der Waals surface area contributed by atoms with Crippen LogP contribution in [0.4, 0.5) is 10.3 Å². The van der Waals surface area contributed by atoms with Crippen molar-refractivity contribution in [2.45, 2.75) is 40.9 Å². The second-order valence-electron chi connectivity index (χ2n) is 6.99. The van der Waals surface area contributed by atoms with Crippen LogP contribution in [-0.4, -0.2) is 57.8 Å². The summed E-state index contributed by atoms with van der Waals surface area (Å²) in [7, 11) is -4.63. The Balaban J connectivity index is 1.60. The summed E-state index contributed by atoms with van der Waals surface area (Å²) in [6.45, 7) is 0. The monoisotopic (exact) mass is 471 g/mol. The quantitative estimate of drug-likeness (QED) is 0.257. The molecule has 1 aliphatic heterocycles. The van der Waals surface area contributed by atoms with Gasteiger partial charge in [0.25, 0.3) is 5.56 Å². The smallest absolute Gasteiger partial charge is 0.338 e. The van der Waals surface area contributed by atoms with Crippen molar-refractivity contribution < 1.29 is 28.6 Å². The number of H-pyrrole nitrogens is 1. The van der Waals surface area contributed by atoms with Crippen molar-refractivity contribution in [3.8, 4) is 0 Å². The summed E-state index contributed by atoms with van der Waals surface area (Å²) in [5.74, 6) is -0.194. The SMILES string of the molecule is Nc1nc2c(ncn2[C@@H]2O[C@H](CC(Sc3ccccc3)P(=O)(O)O)[C@H](F)[C@H]2O)c(=O)[nH]1. The Morgan fingerprint density at radius 3 is 2.74 bits per heavy atom. The molecule has 0 aliphatic carbocycles. The van der Waals surface area contributed by atoms with Gasteiger partial charge in [-0.25, -0.2) is 9.37 Å². The van der Waals surface area contributed by atoms with Gasteiger partial charge in [-0.05, 0) is 12.1 Å². The minimum atomic E-state index is -4.63. The number of aliphatic hydroxyl groups is 1. The van der Waals surface area contributed by atoms with E-state index in [9.17, 15) is 28.6 Å². The van der Waals surface area contributed by atoms with Crippen molar-refractivity contribution in [1.82, 2.24) is 19.5 Å². The number of hydrogen-bond acceptors (Lipinski definition) is 8. The Hall–Kier alpha value is -2.28. The van der Waals surface area contributed by atoms with E-state index >= 15 is 0 Å². The Morgan fingerprint density at radius 2 is 2.06 bits per heavy atom. The number of aliphatic hydroxyl groups excluding tert-OH is 1. The summed E-state index contributed by atoms with van der Waals surface area (Å²) in [6, 6.07) is 8.55. The minimum Gasteiger partial charge on any atom is -0.385 e. The van der Waals surface area contributed by atoms with Crippen LogP contribution in [0.5, 0.6) is 0 Å². The second kappa shape index (κ2) is 8.34. The molecular weight excluding hydrogens is 452 g/mol. The van der Waals surface area contributed by atoms with Crippen LogP contribution >= 0.6 is 19.4 Å². The number of alkyl halides is 1. The third-order valence-corrected chi connectivity index (χ3v) is 7.95. The maximum Gasteiger partial charge on any atom is 0.338 e. The van der Waals surface area contributed by atoms with Gasteiger partial charge in [-0.3, -0.25) is 18.9 Å². The van der Waals surface area contributed by atoms with Gasteiger partial charge in [-0.1, -0.05) is 18.2 Å². The maximum absolute atomic E-state index is 14.9. The third-order valence-electron chi connectivity index (χ3n) is 4.84. The lowest BCUT2D eigenvalue weighted by Gasteiger charge is -2.22. The lowest BCUT2D eigenvalue weighted by molar-refractivity contribution is -0.0360. The van der Waals surface area contributed by atoms with Crippen LogP contribution in [-0.2, 0) is 9.30 Å². The van der Waals surface area contributed by atoms with E-state index in [1.54, 1.807) is 30.3 Å². The Kier molecular flexibility index (Phi) is 5.90. The number of ether oxygens (including phenoxy) is 1. The van der Waals surface area contributed by atoms with Crippen LogP contribution in [0.3, 0.4) is 0 Å². The summed E-state index contributed by atoms with van der Waals surface area (Å²) in [4.78, 5) is 41.0. The number of hydrogen-bond donors (Lipinski definition) is 5. The van der Waals surface area contributed by atoms with Crippen LogP contribution in [0.2, 0.25) is 0 Å². The van der Waals surface area contributed by atoms with Gasteiger partial charge in [-0.2, -0.15) is 4.98 Å². The molecular formula is C17H19FN5O6PS. The molecule has 5 atom stereocenters. The summed E-state index contributed by atoms with van der Waals surface area (Å²) in [6.07, 6.45) is -5.44. The molecule has 3 aromatic rings. The zero-order valence-corrected chi connectivity index (χ0v) is 17.5. The largest absolute Gasteiger partial charge is 0.385 e. The van der Waals surface area contributed by atoms with Gasteiger partial charge in [-0.15, -0.1) is 11.8 Å². The van der Waals surface area contributed by atoms with Gasteiger partial charge in [0.05, 0.1) is 12.4 Å². The second-order valence-corrected chi connectivity index (χ2v) is 10.4. The number of nitrogen functional groups attached to an aromatic ring is 1. The molecule has 0 bridgehead atoms. The molecule has 166 valence electrons. The fourth-order valence-electron chi connectivity index (χ4n) is 3.37. The van der Waals surface area contributed by atoms with E-state index in [1.807, 2.05) is 0 Å². The highest BCUT2D eigenvalue weighted by atomic mass is 32.2. The standard InChI is InChI=1S/C17H19FN5O6PS/c18-11-9(6-10(30(26,27)28)31-8-4-2-1-3-5-8)29-16(13(11)24)23-7-20-12-14(23)21-17(19)22-15(12)25/h1-5,7,9-11,13,16,24H,6H2,(H2,26,27,28)(H3,19,21,22,25)/t9-,10?,11+,13-,16-/m1/s1. The number of nitrogens with zero attached hydrogens (tertiary/aromatic N) is 3. The van der Waals surface area contributed by atoms with Crippen LogP contribution in [0, 0.1) is 0 Å². The predicted molar refractivity (Wildman–Crippen MR) is 110 cm³/mol. The first-order valence-corrected chi connectivity index (χ1v) is 11.7. The van der Waals surface area contributed by atoms with Crippen molar-refractivity contribution in [3.63, 3.8) is 0 Å². The van der Waals surface area contributed by atoms with Gasteiger partial charge in [0.1, 0.15) is 11.1 Å². The van der Waals surface area contributed by atoms with Crippen molar-refractivity contribution in [2.24, 2.45) is 0 Å². The molecule has 0 radical (unpaired) electrons. The Bertz CT molecular complexity index is 1190. The van der Waals surface area contributed by atoms with Crippen molar-refractivity contribution >= 4 is 36.5 Å². The Morgan fingerprint density at radius 1 is 1.35 bits per heavy atom. The van der Waals surface area contributed by atoms with Gasteiger partial charge in [0, 0.05) is 11.3 Å². The molecule has 6 N–H and O–H groups in total.